The first-order valence-electron chi connectivity index (χ1n) is 15.6. The molecule has 1 fully saturated rings. The third-order valence-corrected chi connectivity index (χ3v) is 10.5. The highest BCUT2D eigenvalue weighted by molar-refractivity contribution is 8.01. The van der Waals surface area contributed by atoms with Gasteiger partial charge >= 0.3 is 0 Å². The van der Waals surface area contributed by atoms with Crippen molar-refractivity contribution in [3.63, 3.8) is 0 Å². The SMILES string of the molecule is O=C(NCc1cccc(-c2cccc([C@H]3O[C@@H](CSc4nc5ccccc5s4)C[C@@H](c4ccc(CO)cc4)O3)c2)c1)c1ccccc1. The van der Waals surface area contributed by atoms with Gasteiger partial charge in [-0.15, -0.1) is 11.3 Å². The van der Waals surface area contributed by atoms with E-state index in [1.54, 1.807) is 23.1 Å². The van der Waals surface area contributed by atoms with E-state index in [2.05, 4.69) is 35.6 Å². The fourth-order valence-corrected chi connectivity index (χ4v) is 7.81. The van der Waals surface area contributed by atoms with Gasteiger partial charge in [-0.1, -0.05) is 103 Å². The molecular weight excluding hydrogens is 625 g/mol. The molecule has 5 aromatic carbocycles. The van der Waals surface area contributed by atoms with E-state index in [1.165, 1.54) is 4.70 Å². The molecule has 8 heteroatoms. The van der Waals surface area contributed by atoms with Crippen molar-refractivity contribution in [2.75, 3.05) is 5.75 Å². The number of carbonyl (C=O) groups is 1. The Balaban J connectivity index is 1.09. The number of hydrogen-bond donors (Lipinski definition) is 2. The highest BCUT2D eigenvalue weighted by Crippen LogP contribution is 2.41. The lowest BCUT2D eigenvalue weighted by molar-refractivity contribution is -0.245. The van der Waals surface area contributed by atoms with Crippen molar-refractivity contribution in [3.05, 3.63) is 155 Å². The molecule has 7 rings (SSSR count). The maximum atomic E-state index is 12.6. The number of nitrogens with one attached hydrogen (secondary N) is 1. The minimum atomic E-state index is -0.555. The Hall–Kier alpha value is -4.31. The number of thiazole rings is 1. The summed E-state index contributed by atoms with van der Waals surface area (Å²) in [4.78, 5) is 17.4. The van der Waals surface area contributed by atoms with Crippen molar-refractivity contribution in [3.8, 4) is 11.1 Å². The molecule has 0 saturated carbocycles. The summed E-state index contributed by atoms with van der Waals surface area (Å²) < 4.78 is 15.5. The van der Waals surface area contributed by atoms with Gasteiger partial charge in [0.2, 0.25) is 0 Å². The van der Waals surface area contributed by atoms with Gasteiger partial charge in [-0.25, -0.2) is 4.98 Å². The van der Waals surface area contributed by atoms with Crippen LogP contribution < -0.4 is 5.32 Å². The summed E-state index contributed by atoms with van der Waals surface area (Å²) in [5, 5.41) is 12.6. The molecule has 0 bridgehead atoms. The number of ether oxygens (including phenoxy) is 2. The van der Waals surface area contributed by atoms with Crippen LogP contribution in [0, 0.1) is 0 Å². The molecule has 236 valence electrons. The van der Waals surface area contributed by atoms with Crippen LogP contribution in [0.25, 0.3) is 21.3 Å². The summed E-state index contributed by atoms with van der Waals surface area (Å²) in [7, 11) is 0. The second kappa shape index (κ2) is 14.6. The highest BCUT2D eigenvalue weighted by Gasteiger charge is 2.32. The van der Waals surface area contributed by atoms with Crippen LogP contribution in [0.4, 0.5) is 0 Å². The third-order valence-electron chi connectivity index (χ3n) is 8.19. The van der Waals surface area contributed by atoms with E-state index < -0.39 is 6.29 Å². The largest absolute Gasteiger partial charge is 0.392 e. The fourth-order valence-electron chi connectivity index (χ4n) is 5.70. The smallest absolute Gasteiger partial charge is 0.251 e. The Morgan fingerprint density at radius 3 is 2.38 bits per heavy atom. The minimum Gasteiger partial charge on any atom is -0.392 e. The molecule has 6 aromatic rings. The van der Waals surface area contributed by atoms with E-state index in [0.29, 0.717) is 18.5 Å². The van der Waals surface area contributed by atoms with Gasteiger partial charge in [0.1, 0.15) is 0 Å². The average molecular weight is 659 g/mol. The molecule has 1 amide bonds. The number of carbonyl (C=O) groups excluding carboxylic acids is 1. The lowest BCUT2D eigenvalue weighted by Gasteiger charge is -2.36. The van der Waals surface area contributed by atoms with Gasteiger partial charge in [-0.2, -0.15) is 0 Å². The van der Waals surface area contributed by atoms with E-state index in [0.717, 1.165) is 49.0 Å². The lowest BCUT2D eigenvalue weighted by atomic mass is 9.99. The topological polar surface area (TPSA) is 80.7 Å². The van der Waals surface area contributed by atoms with E-state index in [9.17, 15) is 9.90 Å². The molecule has 0 unspecified atom stereocenters. The number of aliphatic hydroxyl groups excluding tert-OH is 1. The zero-order valence-corrected chi connectivity index (χ0v) is 27.3. The number of amides is 1. The van der Waals surface area contributed by atoms with Gasteiger partial charge in [0.05, 0.1) is 29.0 Å². The summed E-state index contributed by atoms with van der Waals surface area (Å²) in [5.41, 5.74) is 7.64. The van der Waals surface area contributed by atoms with Crippen molar-refractivity contribution in [1.29, 1.82) is 0 Å². The molecule has 0 aliphatic carbocycles. The molecule has 47 heavy (non-hydrogen) atoms. The Morgan fingerprint density at radius 1 is 0.809 bits per heavy atom. The van der Waals surface area contributed by atoms with Gasteiger partial charge < -0.3 is 19.9 Å². The first-order chi connectivity index (χ1) is 23.1. The van der Waals surface area contributed by atoms with Gasteiger partial charge in [-0.3, -0.25) is 4.79 Å². The molecule has 0 radical (unpaired) electrons. The monoisotopic (exact) mass is 658 g/mol. The van der Waals surface area contributed by atoms with E-state index in [-0.39, 0.29) is 24.7 Å². The molecule has 1 saturated heterocycles. The van der Waals surface area contributed by atoms with Crippen LogP contribution in [0.2, 0.25) is 0 Å². The summed E-state index contributed by atoms with van der Waals surface area (Å²) in [5.74, 6) is 0.655. The Kier molecular flexibility index (Phi) is 9.74. The van der Waals surface area contributed by atoms with Gasteiger partial charge in [0.25, 0.3) is 5.91 Å². The van der Waals surface area contributed by atoms with Crippen molar-refractivity contribution < 1.29 is 19.4 Å². The number of benzene rings is 5. The summed E-state index contributed by atoms with van der Waals surface area (Å²) in [6.07, 6.45) is -0.0692. The quantitative estimate of drug-likeness (QED) is 0.143. The van der Waals surface area contributed by atoms with Crippen molar-refractivity contribution in [1.82, 2.24) is 10.3 Å². The van der Waals surface area contributed by atoms with E-state index >= 15 is 0 Å². The Labute approximate surface area is 282 Å². The van der Waals surface area contributed by atoms with Crippen LogP contribution >= 0.6 is 23.1 Å². The Bertz CT molecular complexity index is 1930. The van der Waals surface area contributed by atoms with Crippen molar-refractivity contribution >= 4 is 39.2 Å². The number of para-hydroxylation sites is 1. The highest BCUT2D eigenvalue weighted by atomic mass is 32.2. The molecule has 2 N–H and O–H groups in total. The third kappa shape index (κ3) is 7.64. The number of thioether (sulfide) groups is 1. The average Bonchev–Trinajstić information content (AvgIpc) is 3.57. The number of rotatable bonds is 10. The van der Waals surface area contributed by atoms with Crippen molar-refractivity contribution in [2.24, 2.45) is 0 Å². The van der Waals surface area contributed by atoms with Crippen LogP contribution in [0.5, 0.6) is 0 Å². The predicted molar refractivity (Wildman–Crippen MR) is 188 cm³/mol. The molecule has 3 atom stereocenters. The zero-order valence-electron chi connectivity index (χ0n) is 25.6. The maximum absolute atomic E-state index is 12.6. The number of hydrogen-bond acceptors (Lipinski definition) is 7. The first kappa shape index (κ1) is 31.3. The lowest BCUT2D eigenvalue weighted by Crippen LogP contribution is -2.31. The van der Waals surface area contributed by atoms with Crippen LogP contribution in [0.15, 0.2) is 132 Å². The van der Waals surface area contributed by atoms with Crippen LogP contribution in [-0.2, 0) is 22.6 Å². The number of aromatic nitrogens is 1. The molecule has 6 nitrogen and oxygen atoms in total. The zero-order chi connectivity index (χ0) is 32.0. The molecule has 1 aliphatic rings. The number of nitrogens with zero attached hydrogens (tertiary/aromatic N) is 1. The predicted octanol–water partition coefficient (Wildman–Crippen LogP) is 8.72. The Morgan fingerprint density at radius 2 is 1.57 bits per heavy atom. The van der Waals surface area contributed by atoms with Crippen molar-refractivity contribution in [2.45, 2.75) is 42.4 Å². The summed E-state index contributed by atoms with van der Waals surface area (Å²) in [6.45, 7) is 0.438. The van der Waals surface area contributed by atoms with E-state index in [1.807, 2.05) is 97.1 Å². The van der Waals surface area contributed by atoms with Crippen LogP contribution in [0.3, 0.4) is 0 Å². The number of fused-ring (bicyclic) bond motifs is 1. The standard InChI is InChI=1S/C39H34N2O4S2/c42-24-26-16-18-28(19-17-26)35-22-33(25-46-39-41-34-14-4-5-15-36(34)47-39)44-38(45-35)32-13-7-12-31(21-32)30-11-6-8-27(20-30)23-40-37(43)29-9-2-1-3-10-29/h1-21,33,35,38,42H,22-25H2,(H,40,43)/t33-,35+,38+/m1/s1. The van der Waals surface area contributed by atoms with E-state index in [4.69, 9.17) is 14.5 Å². The fraction of sp³-hybridized carbons (Fsp3) is 0.179. The molecular formula is C39H34N2O4S2. The molecule has 0 spiro atoms. The normalized spacial score (nSPS) is 17.9. The van der Waals surface area contributed by atoms with Gasteiger partial charge in [0.15, 0.2) is 10.6 Å². The van der Waals surface area contributed by atoms with Gasteiger partial charge in [-0.05, 0) is 64.2 Å². The summed E-state index contributed by atoms with van der Waals surface area (Å²) in [6, 6.07) is 41.9. The molecule has 1 aliphatic heterocycles. The number of aliphatic hydroxyl groups is 1. The second-order valence-electron chi connectivity index (χ2n) is 11.5. The van der Waals surface area contributed by atoms with Crippen LogP contribution in [-0.4, -0.2) is 27.9 Å². The minimum absolute atomic E-state index is 0.00631. The maximum Gasteiger partial charge on any atom is 0.251 e. The first-order valence-corrected chi connectivity index (χ1v) is 17.4. The van der Waals surface area contributed by atoms with Crippen LogP contribution in [0.1, 0.15) is 51.4 Å². The summed E-state index contributed by atoms with van der Waals surface area (Å²) >= 11 is 3.43. The van der Waals surface area contributed by atoms with Gasteiger partial charge in [0, 0.05) is 29.8 Å². The second-order valence-corrected chi connectivity index (χ2v) is 13.8. The molecule has 1 aromatic heterocycles. The molecule has 2 heterocycles.